The maximum Gasteiger partial charge on any atom is 0.127 e. The van der Waals surface area contributed by atoms with Crippen molar-refractivity contribution in [1.82, 2.24) is 0 Å². The van der Waals surface area contributed by atoms with Gasteiger partial charge in [0.2, 0.25) is 0 Å². The normalized spacial score (nSPS) is 28.6. The molecule has 15 heavy (non-hydrogen) atoms. The molecule has 2 nitrogen and oxygen atoms in total. The second kappa shape index (κ2) is 3.29. The quantitative estimate of drug-likeness (QED) is 0.685. The topological polar surface area (TPSA) is 46.2 Å². The maximum absolute atomic E-state index is 13.7. The molecular weight excluding hydrogens is 193 g/mol. The highest BCUT2D eigenvalue weighted by Crippen LogP contribution is 2.41. The molecule has 0 bridgehead atoms. The summed E-state index contributed by atoms with van der Waals surface area (Å²) < 4.78 is 13.7. The van der Waals surface area contributed by atoms with Crippen LogP contribution in [0, 0.1) is 5.82 Å². The average Bonchev–Trinajstić information content (AvgIpc) is 2.13. The maximum atomic E-state index is 13.7. The van der Waals surface area contributed by atoms with E-state index in [1.54, 1.807) is 12.1 Å². The third-order valence-corrected chi connectivity index (χ3v) is 3.19. The number of hydrogen-bond donors (Lipinski definition) is 2. The fourth-order valence-corrected chi connectivity index (χ4v) is 2.53. The highest BCUT2D eigenvalue weighted by molar-refractivity contribution is 5.39. The summed E-state index contributed by atoms with van der Waals surface area (Å²) >= 11 is 0. The molecule has 82 valence electrons. The number of rotatable bonds is 0. The van der Waals surface area contributed by atoms with Gasteiger partial charge in [0, 0.05) is 6.04 Å². The molecule has 0 aliphatic heterocycles. The number of aliphatic hydroxyl groups is 1. The first-order valence-electron chi connectivity index (χ1n) is 5.16. The number of aliphatic hydroxyl groups excluding tert-OH is 1. The third-order valence-electron chi connectivity index (χ3n) is 3.19. The second-order valence-corrected chi connectivity index (χ2v) is 4.90. The van der Waals surface area contributed by atoms with Gasteiger partial charge in [-0.1, -0.05) is 26.0 Å². The van der Waals surface area contributed by atoms with Crippen LogP contribution >= 0.6 is 0 Å². The molecule has 0 amide bonds. The van der Waals surface area contributed by atoms with Crippen molar-refractivity contribution in [3.63, 3.8) is 0 Å². The Morgan fingerprint density at radius 3 is 2.80 bits per heavy atom. The Kier molecular flexibility index (Phi) is 2.32. The SMILES string of the molecule is CC1(C)CC(N)C(O)c2cccc(F)c21. The van der Waals surface area contributed by atoms with E-state index in [9.17, 15) is 9.50 Å². The van der Waals surface area contributed by atoms with Gasteiger partial charge in [-0.25, -0.2) is 4.39 Å². The first-order valence-corrected chi connectivity index (χ1v) is 5.16. The smallest absolute Gasteiger partial charge is 0.127 e. The van der Waals surface area contributed by atoms with Crippen molar-refractivity contribution in [2.75, 3.05) is 0 Å². The fraction of sp³-hybridized carbons (Fsp3) is 0.500. The summed E-state index contributed by atoms with van der Waals surface area (Å²) in [6.07, 6.45) is -0.147. The lowest BCUT2D eigenvalue weighted by molar-refractivity contribution is 0.114. The molecule has 0 aromatic heterocycles. The minimum atomic E-state index is -0.747. The number of benzene rings is 1. The summed E-state index contributed by atoms with van der Waals surface area (Å²) in [4.78, 5) is 0. The van der Waals surface area contributed by atoms with E-state index in [-0.39, 0.29) is 17.3 Å². The van der Waals surface area contributed by atoms with Crippen molar-refractivity contribution in [3.05, 3.63) is 35.1 Å². The highest BCUT2D eigenvalue weighted by atomic mass is 19.1. The van der Waals surface area contributed by atoms with Gasteiger partial charge in [0.15, 0.2) is 0 Å². The number of fused-ring (bicyclic) bond motifs is 1. The lowest BCUT2D eigenvalue weighted by Crippen LogP contribution is -2.41. The van der Waals surface area contributed by atoms with Gasteiger partial charge >= 0.3 is 0 Å². The Morgan fingerprint density at radius 2 is 2.13 bits per heavy atom. The van der Waals surface area contributed by atoms with Gasteiger partial charge in [0.05, 0.1) is 6.10 Å². The van der Waals surface area contributed by atoms with E-state index in [1.807, 2.05) is 13.8 Å². The Balaban J connectivity index is 2.64. The first-order chi connectivity index (χ1) is 6.93. The molecule has 3 heteroatoms. The molecule has 3 N–H and O–H groups in total. The zero-order valence-corrected chi connectivity index (χ0v) is 9.00. The number of nitrogens with two attached hydrogens (primary N) is 1. The van der Waals surface area contributed by atoms with E-state index in [0.29, 0.717) is 17.5 Å². The Morgan fingerprint density at radius 1 is 1.47 bits per heavy atom. The molecular formula is C12H16FNO. The first kappa shape index (κ1) is 10.6. The van der Waals surface area contributed by atoms with Crippen LogP contribution in [-0.2, 0) is 5.41 Å². The zero-order valence-electron chi connectivity index (χ0n) is 9.00. The van der Waals surface area contributed by atoms with Crippen LogP contribution in [0.4, 0.5) is 4.39 Å². The van der Waals surface area contributed by atoms with Gasteiger partial charge in [-0.2, -0.15) is 0 Å². The highest BCUT2D eigenvalue weighted by Gasteiger charge is 2.38. The minimum Gasteiger partial charge on any atom is -0.387 e. The molecule has 1 aliphatic carbocycles. The van der Waals surface area contributed by atoms with E-state index in [4.69, 9.17) is 5.73 Å². The Hall–Kier alpha value is -0.930. The largest absolute Gasteiger partial charge is 0.387 e. The van der Waals surface area contributed by atoms with Crippen LogP contribution in [0.3, 0.4) is 0 Å². The summed E-state index contributed by atoms with van der Waals surface area (Å²) in [6, 6.07) is 4.49. The van der Waals surface area contributed by atoms with Crippen molar-refractivity contribution in [2.24, 2.45) is 5.73 Å². The van der Waals surface area contributed by atoms with Crippen LogP contribution in [0.25, 0.3) is 0 Å². The lowest BCUT2D eigenvalue weighted by atomic mass is 9.69. The van der Waals surface area contributed by atoms with E-state index < -0.39 is 6.10 Å². The van der Waals surface area contributed by atoms with Gasteiger partial charge < -0.3 is 10.8 Å². The van der Waals surface area contributed by atoms with E-state index in [0.717, 1.165) is 0 Å². The summed E-state index contributed by atoms with van der Waals surface area (Å²) in [6.45, 7) is 3.92. The average molecular weight is 209 g/mol. The van der Waals surface area contributed by atoms with E-state index in [2.05, 4.69) is 0 Å². The van der Waals surface area contributed by atoms with Gasteiger partial charge in [0.25, 0.3) is 0 Å². The Labute approximate surface area is 88.9 Å². The predicted octanol–water partition coefficient (Wildman–Crippen LogP) is 1.87. The van der Waals surface area contributed by atoms with Crippen LogP contribution < -0.4 is 5.73 Å². The monoisotopic (exact) mass is 209 g/mol. The van der Waals surface area contributed by atoms with Crippen LogP contribution in [-0.4, -0.2) is 11.1 Å². The molecule has 0 heterocycles. The molecule has 0 spiro atoms. The van der Waals surface area contributed by atoms with E-state index >= 15 is 0 Å². The third kappa shape index (κ3) is 1.56. The minimum absolute atomic E-state index is 0.247. The molecule has 0 saturated carbocycles. The van der Waals surface area contributed by atoms with Crippen LogP contribution in [0.5, 0.6) is 0 Å². The van der Waals surface area contributed by atoms with Crippen molar-refractivity contribution in [2.45, 2.75) is 37.8 Å². The Bertz CT molecular complexity index is 389. The van der Waals surface area contributed by atoms with Crippen LogP contribution in [0.1, 0.15) is 37.5 Å². The molecule has 0 saturated heterocycles. The molecule has 1 aromatic rings. The fourth-order valence-electron chi connectivity index (χ4n) is 2.53. The summed E-state index contributed by atoms with van der Waals surface area (Å²) in [5, 5.41) is 9.89. The second-order valence-electron chi connectivity index (χ2n) is 4.90. The van der Waals surface area contributed by atoms with Crippen molar-refractivity contribution >= 4 is 0 Å². The summed E-state index contributed by atoms with van der Waals surface area (Å²) in [7, 11) is 0. The number of halogens is 1. The number of hydrogen-bond acceptors (Lipinski definition) is 2. The standard InChI is InChI=1S/C12H16FNO/c1-12(2)6-9(14)11(15)7-4-3-5-8(13)10(7)12/h3-5,9,11,15H,6,14H2,1-2H3. The van der Waals surface area contributed by atoms with Crippen molar-refractivity contribution in [3.8, 4) is 0 Å². The molecule has 1 aromatic carbocycles. The van der Waals surface area contributed by atoms with Crippen LogP contribution in [0.2, 0.25) is 0 Å². The lowest BCUT2D eigenvalue weighted by Gasteiger charge is -2.39. The van der Waals surface area contributed by atoms with Gasteiger partial charge in [-0.15, -0.1) is 0 Å². The van der Waals surface area contributed by atoms with Crippen molar-refractivity contribution < 1.29 is 9.50 Å². The molecule has 0 fully saturated rings. The molecule has 2 rings (SSSR count). The van der Waals surface area contributed by atoms with Gasteiger partial charge in [0.1, 0.15) is 5.82 Å². The van der Waals surface area contributed by atoms with Crippen LogP contribution in [0.15, 0.2) is 18.2 Å². The molecule has 2 unspecified atom stereocenters. The van der Waals surface area contributed by atoms with E-state index in [1.165, 1.54) is 6.07 Å². The molecule has 1 aliphatic rings. The van der Waals surface area contributed by atoms with Gasteiger partial charge in [-0.05, 0) is 29.0 Å². The predicted molar refractivity (Wildman–Crippen MR) is 57.0 cm³/mol. The van der Waals surface area contributed by atoms with Gasteiger partial charge in [-0.3, -0.25) is 0 Å². The molecule has 2 atom stereocenters. The molecule has 0 radical (unpaired) electrons. The summed E-state index contributed by atoms with van der Waals surface area (Å²) in [5.74, 6) is -0.247. The summed E-state index contributed by atoms with van der Waals surface area (Å²) in [5.41, 5.74) is 6.79. The zero-order chi connectivity index (χ0) is 11.2. The van der Waals surface area contributed by atoms with Crippen molar-refractivity contribution in [1.29, 1.82) is 0 Å².